The zero-order valence-electron chi connectivity index (χ0n) is 43.7. The molecule has 0 aliphatic heterocycles. The van der Waals surface area contributed by atoms with Gasteiger partial charge in [-0.2, -0.15) is 0 Å². The van der Waals surface area contributed by atoms with Crippen LogP contribution in [0.25, 0.3) is 95.0 Å². The zero-order valence-corrected chi connectivity index (χ0v) is 39.7. The summed E-state index contributed by atoms with van der Waals surface area (Å²) in [7, 11) is 0. The summed E-state index contributed by atoms with van der Waals surface area (Å²) < 4.78 is 37.4. The molecule has 0 spiro atoms. The molecule has 0 saturated heterocycles. The van der Waals surface area contributed by atoms with Gasteiger partial charge in [0.15, 0.2) is 0 Å². The van der Waals surface area contributed by atoms with E-state index in [4.69, 9.17) is 15.5 Å². The minimum Gasteiger partial charge on any atom is -0.507 e. The SMILES string of the molecule is [2H]C([2H])([2H])c1cc(-c2ccc(C(C)(C)C)cc2)c(-n2c(-c3cc(C)cc(C)c3O)nc3c(-c4cc(-c5ccccc5)cc(-c5cc(-c6ccc(C([2H])(C)C)cc6)ccn5)c4)cccc32)cc1-c1ccccc1. The molecule has 10 aromatic rings. The highest BCUT2D eigenvalue weighted by atomic mass is 16.3. The van der Waals surface area contributed by atoms with Crippen molar-refractivity contribution in [1.29, 1.82) is 0 Å². The Morgan fingerprint density at radius 1 is 0.544 bits per heavy atom. The van der Waals surface area contributed by atoms with Gasteiger partial charge in [0, 0.05) is 28.4 Å². The van der Waals surface area contributed by atoms with Crippen LogP contribution in [0.5, 0.6) is 5.75 Å². The molecule has 0 aliphatic carbocycles. The van der Waals surface area contributed by atoms with Crippen LogP contribution in [0.1, 0.15) is 73.8 Å². The van der Waals surface area contributed by atoms with E-state index in [-0.39, 0.29) is 16.7 Å². The maximum atomic E-state index is 12.1. The molecule has 0 fully saturated rings. The first-order chi connectivity index (χ1) is 34.3. The highest BCUT2D eigenvalue weighted by molar-refractivity contribution is 5.99. The molecule has 334 valence electrons. The van der Waals surface area contributed by atoms with E-state index in [9.17, 15) is 5.11 Å². The predicted molar refractivity (Wildman–Crippen MR) is 286 cm³/mol. The molecule has 10 rings (SSSR count). The second-order valence-corrected chi connectivity index (χ2v) is 19.2. The fourth-order valence-electron chi connectivity index (χ4n) is 9.39. The molecule has 0 atom stereocenters. The number of aromatic nitrogens is 3. The largest absolute Gasteiger partial charge is 0.507 e. The van der Waals surface area contributed by atoms with Crippen LogP contribution in [0.15, 0.2) is 188 Å². The lowest BCUT2D eigenvalue weighted by molar-refractivity contribution is 0.472. The van der Waals surface area contributed by atoms with Crippen LogP contribution in [0.2, 0.25) is 0 Å². The monoisotopic (exact) mass is 887 g/mol. The summed E-state index contributed by atoms with van der Waals surface area (Å²) >= 11 is 0. The van der Waals surface area contributed by atoms with Crippen LogP contribution >= 0.6 is 0 Å². The smallest absolute Gasteiger partial charge is 0.149 e. The first-order valence-electron chi connectivity index (χ1n) is 25.3. The Hall–Kier alpha value is -7.82. The highest BCUT2D eigenvalue weighted by Crippen LogP contribution is 2.44. The number of phenols is 1. The Labute approximate surface area is 406 Å². The van der Waals surface area contributed by atoms with Crippen molar-refractivity contribution in [1.82, 2.24) is 14.5 Å². The lowest BCUT2D eigenvalue weighted by atomic mass is 9.85. The molecule has 0 amide bonds. The van der Waals surface area contributed by atoms with E-state index in [0.717, 1.165) is 89.2 Å². The van der Waals surface area contributed by atoms with Crippen LogP contribution in [-0.2, 0) is 5.41 Å². The van der Waals surface area contributed by atoms with Crippen LogP contribution in [-0.4, -0.2) is 19.6 Å². The Morgan fingerprint density at radius 2 is 1.19 bits per heavy atom. The van der Waals surface area contributed by atoms with Gasteiger partial charge in [0.25, 0.3) is 0 Å². The van der Waals surface area contributed by atoms with Gasteiger partial charge in [-0.1, -0.05) is 162 Å². The lowest BCUT2D eigenvalue weighted by Crippen LogP contribution is -2.10. The third kappa shape index (κ3) is 8.43. The van der Waals surface area contributed by atoms with Crippen molar-refractivity contribution in [3.63, 3.8) is 0 Å². The second-order valence-electron chi connectivity index (χ2n) is 19.2. The zero-order chi connectivity index (χ0) is 50.7. The number of benzene rings is 8. The average molecular weight is 888 g/mol. The first kappa shape index (κ1) is 39.4. The molecule has 8 aromatic carbocycles. The molecule has 0 unspecified atom stereocenters. The Balaban J connectivity index is 1.26. The molecule has 68 heavy (non-hydrogen) atoms. The van der Waals surface area contributed by atoms with Gasteiger partial charge in [-0.3, -0.25) is 9.55 Å². The summed E-state index contributed by atoms with van der Waals surface area (Å²) in [4.78, 5) is 10.5. The van der Waals surface area contributed by atoms with Gasteiger partial charge in [-0.05, 0) is 159 Å². The number of aromatic hydroxyl groups is 1. The second kappa shape index (κ2) is 17.8. The summed E-state index contributed by atoms with van der Waals surface area (Å²) in [6, 6.07) is 61.3. The molecular weight excluding hydrogens is 827 g/mol. The van der Waals surface area contributed by atoms with Crippen molar-refractivity contribution in [2.24, 2.45) is 0 Å². The molecule has 1 N–H and O–H groups in total. The van der Waals surface area contributed by atoms with Crippen molar-refractivity contribution >= 4 is 11.0 Å². The normalized spacial score (nSPS) is 12.9. The third-order valence-corrected chi connectivity index (χ3v) is 13.1. The summed E-state index contributed by atoms with van der Waals surface area (Å²) in [5.74, 6) is -0.0661. The van der Waals surface area contributed by atoms with E-state index in [2.05, 4.69) is 110 Å². The van der Waals surface area contributed by atoms with E-state index >= 15 is 0 Å². The minimum atomic E-state index is -2.44. The summed E-state index contributed by atoms with van der Waals surface area (Å²) in [6.45, 7) is 11.8. The highest BCUT2D eigenvalue weighted by Gasteiger charge is 2.25. The van der Waals surface area contributed by atoms with Gasteiger partial charge in [0.1, 0.15) is 11.6 Å². The van der Waals surface area contributed by atoms with Crippen LogP contribution in [0.3, 0.4) is 0 Å². The van der Waals surface area contributed by atoms with Crippen LogP contribution in [0.4, 0.5) is 0 Å². The fraction of sp³-hybridized carbons (Fsp3) is 0.156. The third-order valence-electron chi connectivity index (χ3n) is 13.1. The number of fused-ring (bicyclic) bond motifs is 1. The quantitative estimate of drug-likeness (QED) is 0.157. The number of phenolic OH excluding ortho intramolecular Hbond substituents is 1. The van der Waals surface area contributed by atoms with Gasteiger partial charge in [-0.15, -0.1) is 0 Å². The molecule has 4 heteroatoms. The molecular formula is C64H57N3O. The number of pyridine rings is 1. The van der Waals surface area contributed by atoms with E-state index in [0.29, 0.717) is 28.0 Å². The van der Waals surface area contributed by atoms with Gasteiger partial charge >= 0.3 is 0 Å². The van der Waals surface area contributed by atoms with Crippen LogP contribution < -0.4 is 0 Å². The van der Waals surface area contributed by atoms with E-state index in [1.54, 1.807) is 0 Å². The number of hydrogen-bond donors (Lipinski definition) is 1. The summed E-state index contributed by atoms with van der Waals surface area (Å²) in [5, 5.41) is 12.1. The minimum absolute atomic E-state index is 0.101. The number of aryl methyl sites for hydroxylation is 3. The number of rotatable bonds is 9. The van der Waals surface area contributed by atoms with E-state index in [1.165, 1.54) is 0 Å². The van der Waals surface area contributed by atoms with E-state index < -0.39 is 12.7 Å². The van der Waals surface area contributed by atoms with Gasteiger partial charge < -0.3 is 5.11 Å². The molecule has 2 heterocycles. The molecule has 0 saturated carbocycles. The Kier molecular flexibility index (Phi) is 10.3. The van der Waals surface area contributed by atoms with Crippen molar-refractivity contribution in [2.45, 2.75) is 66.6 Å². The van der Waals surface area contributed by atoms with Gasteiger partial charge in [0.2, 0.25) is 0 Å². The molecule has 0 aliphatic rings. The van der Waals surface area contributed by atoms with E-state index in [1.807, 2.05) is 131 Å². The lowest BCUT2D eigenvalue weighted by Gasteiger charge is -2.21. The first-order valence-corrected chi connectivity index (χ1v) is 23.3. The maximum absolute atomic E-state index is 12.1. The number of hydrogen-bond acceptors (Lipinski definition) is 3. The van der Waals surface area contributed by atoms with Crippen molar-refractivity contribution in [2.75, 3.05) is 0 Å². The predicted octanol–water partition coefficient (Wildman–Crippen LogP) is 17.1. The Morgan fingerprint density at radius 3 is 1.88 bits per heavy atom. The van der Waals surface area contributed by atoms with Gasteiger partial charge in [0.05, 0.1) is 28.0 Å². The Bertz CT molecular complexity index is 3640. The van der Waals surface area contributed by atoms with Crippen LogP contribution in [0, 0.1) is 20.7 Å². The van der Waals surface area contributed by atoms with Crippen molar-refractivity contribution < 1.29 is 10.6 Å². The number of imidazole rings is 1. The van der Waals surface area contributed by atoms with Crippen molar-refractivity contribution in [3.8, 4) is 89.7 Å². The standard InChI is InChI=1S/C64H57N3O/c1-40(2)44-22-24-46(25-23-44)49-30-31-65-58(38-49)52-36-50(45-16-11-9-12-17-45)35-51(37-52)54-20-15-21-59-61(54)66-63(57-33-41(3)32-43(5)62(57)68)67(59)60-39-55(47-18-13-10-14-19-47)42(4)34-56(60)48-26-28-53(29-27-48)64(6,7)8/h9-40,68H,1-8H3/i4D3,40D. The molecule has 4 nitrogen and oxygen atoms in total. The maximum Gasteiger partial charge on any atom is 0.149 e. The topological polar surface area (TPSA) is 50.9 Å². The number of para-hydroxylation sites is 1. The van der Waals surface area contributed by atoms with Gasteiger partial charge in [-0.25, -0.2) is 4.98 Å². The fourth-order valence-corrected chi connectivity index (χ4v) is 9.39. The summed E-state index contributed by atoms with van der Waals surface area (Å²) in [5.41, 5.74) is 17.3. The molecule has 0 radical (unpaired) electrons. The molecule has 2 aromatic heterocycles. The molecule has 0 bridgehead atoms. The average Bonchev–Trinajstić information content (AvgIpc) is 3.76. The van der Waals surface area contributed by atoms with Crippen molar-refractivity contribution in [3.05, 3.63) is 216 Å². The number of nitrogens with zero attached hydrogens (tertiary/aromatic N) is 3. The summed E-state index contributed by atoms with van der Waals surface area (Å²) in [6.07, 6.45) is 1.85.